The van der Waals surface area contributed by atoms with Crippen LogP contribution in [0, 0.1) is 0 Å². The molecule has 1 aliphatic heterocycles. The molecular formula is C9H17NO6S. The Morgan fingerprint density at radius 1 is 1.53 bits per heavy atom. The summed E-state index contributed by atoms with van der Waals surface area (Å²) in [5, 5.41) is 18.3. The van der Waals surface area contributed by atoms with Crippen LogP contribution in [0.2, 0.25) is 0 Å². The normalized spacial score (nSPS) is 26.2. The molecule has 1 aliphatic rings. The number of carboxylic acid groups (broad SMARTS) is 1. The van der Waals surface area contributed by atoms with E-state index in [0.29, 0.717) is 13.0 Å². The van der Waals surface area contributed by atoms with E-state index in [2.05, 4.69) is 0 Å². The number of carbonyl (C=O) groups is 1. The maximum atomic E-state index is 11.9. The molecule has 0 aromatic carbocycles. The Morgan fingerprint density at radius 3 is 2.71 bits per heavy atom. The fourth-order valence-corrected chi connectivity index (χ4v) is 3.50. The lowest BCUT2D eigenvalue weighted by Crippen LogP contribution is -2.41. The molecule has 0 aromatic rings. The minimum atomic E-state index is -3.65. The summed E-state index contributed by atoms with van der Waals surface area (Å²) in [6.07, 6.45) is -0.662. The van der Waals surface area contributed by atoms with Crippen LogP contribution in [0.1, 0.15) is 12.8 Å². The zero-order valence-corrected chi connectivity index (χ0v) is 10.4. The summed E-state index contributed by atoms with van der Waals surface area (Å²) in [4.78, 5) is 10.9. The van der Waals surface area contributed by atoms with Gasteiger partial charge < -0.3 is 14.9 Å². The maximum Gasteiger partial charge on any atom is 0.322 e. The number of aliphatic carboxylic acids is 1. The van der Waals surface area contributed by atoms with Crippen molar-refractivity contribution in [2.75, 3.05) is 26.0 Å². The zero-order chi connectivity index (χ0) is 13.1. The number of β-amino-alcohol motifs (C(OH)–C–C–N with tert-alkyl or cyclic N) is 1. The van der Waals surface area contributed by atoms with Gasteiger partial charge in [-0.25, -0.2) is 8.42 Å². The van der Waals surface area contributed by atoms with Gasteiger partial charge in [0.15, 0.2) is 0 Å². The van der Waals surface area contributed by atoms with Gasteiger partial charge in [0.25, 0.3) is 0 Å². The van der Waals surface area contributed by atoms with Crippen molar-refractivity contribution in [3.63, 3.8) is 0 Å². The minimum Gasteiger partial charge on any atom is -0.480 e. The highest BCUT2D eigenvalue weighted by Gasteiger charge is 2.42. The molecule has 0 radical (unpaired) electrons. The highest BCUT2D eigenvalue weighted by Crippen LogP contribution is 2.22. The Kier molecular flexibility index (Phi) is 4.87. The smallest absolute Gasteiger partial charge is 0.322 e. The van der Waals surface area contributed by atoms with Gasteiger partial charge in [0.05, 0.1) is 11.9 Å². The van der Waals surface area contributed by atoms with Crippen molar-refractivity contribution in [3.05, 3.63) is 0 Å². The molecule has 0 aromatic heterocycles. The van der Waals surface area contributed by atoms with E-state index in [0.717, 1.165) is 4.31 Å². The van der Waals surface area contributed by atoms with Crippen molar-refractivity contribution < 1.29 is 28.2 Å². The third-order valence-electron chi connectivity index (χ3n) is 2.63. The van der Waals surface area contributed by atoms with Crippen molar-refractivity contribution in [1.29, 1.82) is 0 Å². The lowest BCUT2D eigenvalue weighted by atomic mass is 10.2. The number of hydrogen-bond acceptors (Lipinski definition) is 5. The van der Waals surface area contributed by atoms with E-state index in [-0.39, 0.29) is 18.7 Å². The van der Waals surface area contributed by atoms with Crippen LogP contribution in [0.4, 0.5) is 0 Å². The Morgan fingerprint density at radius 2 is 2.18 bits per heavy atom. The number of carboxylic acids is 1. The van der Waals surface area contributed by atoms with E-state index in [1.54, 1.807) is 0 Å². The van der Waals surface area contributed by atoms with Crippen LogP contribution in [0.3, 0.4) is 0 Å². The van der Waals surface area contributed by atoms with Crippen molar-refractivity contribution in [1.82, 2.24) is 4.31 Å². The molecule has 2 unspecified atom stereocenters. The first-order chi connectivity index (χ1) is 7.88. The number of ether oxygens (including phenoxy) is 1. The molecule has 1 rings (SSSR count). The Bertz CT molecular complexity index is 368. The third-order valence-corrected chi connectivity index (χ3v) is 4.55. The second-order valence-electron chi connectivity index (χ2n) is 3.98. The van der Waals surface area contributed by atoms with E-state index in [1.165, 1.54) is 7.11 Å². The van der Waals surface area contributed by atoms with E-state index in [1.807, 2.05) is 0 Å². The van der Waals surface area contributed by atoms with Gasteiger partial charge in [0.1, 0.15) is 6.04 Å². The van der Waals surface area contributed by atoms with Gasteiger partial charge in [-0.05, 0) is 6.42 Å². The van der Waals surface area contributed by atoms with Gasteiger partial charge in [0, 0.05) is 26.7 Å². The summed E-state index contributed by atoms with van der Waals surface area (Å²) in [5.74, 6) is -1.39. The molecule has 1 fully saturated rings. The van der Waals surface area contributed by atoms with Gasteiger partial charge in [0.2, 0.25) is 10.0 Å². The predicted octanol–water partition coefficient (Wildman–Crippen LogP) is -1.13. The largest absolute Gasteiger partial charge is 0.480 e. The minimum absolute atomic E-state index is 0.0567. The van der Waals surface area contributed by atoms with Crippen LogP contribution in [0.25, 0.3) is 0 Å². The standard InChI is InChI=1S/C9H17NO6S/c1-16-3-2-4-17(14,15)10-6-7(11)5-8(10)9(12)13/h7-8,11H,2-6H2,1H3,(H,12,13). The molecule has 2 N–H and O–H groups in total. The molecule has 0 bridgehead atoms. The number of rotatable bonds is 6. The molecule has 17 heavy (non-hydrogen) atoms. The zero-order valence-electron chi connectivity index (χ0n) is 9.57. The van der Waals surface area contributed by atoms with E-state index in [9.17, 15) is 18.3 Å². The van der Waals surface area contributed by atoms with E-state index in [4.69, 9.17) is 9.84 Å². The molecule has 1 saturated heterocycles. The van der Waals surface area contributed by atoms with Crippen LogP contribution in [0.5, 0.6) is 0 Å². The van der Waals surface area contributed by atoms with Crippen molar-refractivity contribution in [2.45, 2.75) is 25.0 Å². The summed E-state index contributed by atoms with van der Waals surface area (Å²) >= 11 is 0. The van der Waals surface area contributed by atoms with Crippen molar-refractivity contribution in [2.24, 2.45) is 0 Å². The Hall–Kier alpha value is -0.700. The molecule has 1 heterocycles. The van der Waals surface area contributed by atoms with Crippen LogP contribution in [-0.2, 0) is 19.6 Å². The van der Waals surface area contributed by atoms with Gasteiger partial charge in [-0.1, -0.05) is 0 Å². The second kappa shape index (κ2) is 5.76. The SMILES string of the molecule is COCCCS(=O)(=O)N1CC(O)CC1C(=O)O. The number of aliphatic hydroxyl groups excluding tert-OH is 1. The Balaban J connectivity index is 2.72. The molecule has 0 saturated carbocycles. The van der Waals surface area contributed by atoms with Crippen molar-refractivity contribution >= 4 is 16.0 Å². The van der Waals surface area contributed by atoms with Crippen LogP contribution in [-0.4, -0.2) is 67.1 Å². The highest BCUT2D eigenvalue weighted by molar-refractivity contribution is 7.89. The lowest BCUT2D eigenvalue weighted by molar-refractivity contribution is -0.140. The van der Waals surface area contributed by atoms with Gasteiger partial charge in [-0.3, -0.25) is 4.79 Å². The topological polar surface area (TPSA) is 104 Å². The van der Waals surface area contributed by atoms with Gasteiger partial charge in [-0.2, -0.15) is 4.31 Å². The molecule has 2 atom stereocenters. The number of sulfonamides is 1. The fourth-order valence-electron chi connectivity index (χ4n) is 1.82. The highest BCUT2D eigenvalue weighted by atomic mass is 32.2. The maximum absolute atomic E-state index is 11.9. The quantitative estimate of drug-likeness (QED) is 0.590. The van der Waals surface area contributed by atoms with Crippen molar-refractivity contribution in [3.8, 4) is 0 Å². The molecule has 0 aliphatic carbocycles. The molecular weight excluding hydrogens is 250 g/mol. The summed E-state index contributed by atoms with van der Waals surface area (Å²) in [6.45, 7) is 0.152. The molecule has 8 heteroatoms. The first-order valence-corrected chi connectivity index (χ1v) is 6.88. The summed E-state index contributed by atoms with van der Waals surface area (Å²) in [7, 11) is -2.18. The lowest BCUT2D eigenvalue weighted by Gasteiger charge is -2.20. The number of aliphatic hydroxyl groups is 1. The monoisotopic (exact) mass is 267 g/mol. The van der Waals surface area contributed by atoms with Crippen LogP contribution >= 0.6 is 0 Å². The number of methoxy groups -OCH3 is 1. The van der Waals surface area contributed by atoms with E-state index < -0.39 is 28.1 Å². The molecule has 0 spiro atoms. The summed E-state index contributed by atoms with van der Waals surface area (Å²) in [5.41, 5.74) is 0. The van der Waals surface area contributed by atoms with Crippen LogP contribution < -0.4 is 0 Å². The third kappa shape index (κ3) is 3.63. The molecule has 100 valence electrons. The number of hydrogen-bond donors (Lipinski definition) is 2. The number of nitrogens with zero attached hydrogens (tertiary/aromatic N) is 1. The van der Waals surface area contributed by atoms with E-state index >= 15 is 0 Å². The van der Waals surface area contributed by atoms with Crippen LogP contribution in [0.15, 0.2) is 0 Å². The summed E-state index contributed by atoms with van der Waals surface area (Å²) < 4.78 is 29.3. The first kappa shape index (κ1) is 14.4. The first-order valence-electron chi connectivity index (χ1n) is 5.28. The average molecular weight is 267 g/mol. The van der Waals surface area contributed by atoms with Gasteiger partial charge >= 0.3 is 5.97 Å². The fraction of sp³-hybridized carbons (Fsp3) is 0.889. The second-order valence-corrected chi connectivity index (χ2v) is 6.02. The predicted molar refractivity (Wildman–Crippen MR) is 59.0 cm³/mol. The summed E-state index contributed by atoms with van der Waals surface area (Å²) in [6, 6.07) is -1.16. The average Bonchev–Trinajstić information content (AvgIpc) is 2.61. The van der Waals surface area contributed by atoms with Gasteiger partial charge in [-0.15, -0.1) is 0 Å². The molecule has 7 nitrogen and oxygen atoms in total. The Labute approximate surface area is 100 Å². The molecule has 0 amide bonds.